The fourth-order valence-corrected chi connectivity index (χ4v) is 4.16. The van der Waals surface area contributed by atoms with Crippen molar-refractivity contribution in [1.82, 2.24) is 0 Å². The summed E-state index contributed by atoms with van der Waals surface area (Å²) in [6.45, 7) is 0.362. The van der Waals surface area contributed by atoms with Crippen molar-refractivity contribution < 1.29 is 8.42 Å². The quantitative estimate of drug-likeness (QED) is 0.858. The maximum Gasteiger partial charge on any atom is 0.265 e. The summed E-state index contributed by atoms with van der Waals surface area (Å²) in [4.78, 5) is 0.0303. The van der Waals surface area contributed by atoms with E-state index in [0.29, 0.717) is 24.3 Å². The molecule has 1 aliphatic rings. The Morgan fingerprint density at radius 1 is 1.19 bits per heavy atom. The summed E-state index contributed by atoms with van der Waals surface area (Å²) in [5, 5.41) is 9.11. The number of nitrogens with zero attached hydrogens (tertiary/aromatic N) is 2. The topological polar surface area (TPSA) is 87.2 Å². The molecular weight excluding hydrogens is 286 g/mol. The van der Waals surface area contributed by atoms with Crippen LogP contribution in [0.3, 0.4) is 0 Å². The second-order valence-corrected chi connectivity index (χ2v) is 6.65. The molecule has 1 aliphatic heterocycles. The molecule has 2 aromatic rings. The first-order valence-corrected chi connectivity index (χ1v) is 7.88. The van der Waals surface area contributed by atoms with Crippen LogP contribution in [-0.2, 0) is 16.4 Å². The van der Waals surface area contributed by atoms with Crippen LogP contribution in [-0.4, -0.2) is 15.0 Å². The van der Waals surface area contributed by atoms with Gasteiger partial charge in [0.15, 0.2) is 0 Å². The van der Waals surface area contributed by atoms with Crippen LogP contribution in [0.1, 0.15) is 11.1 Å². The zero-order chi connectivity index (χ0) is 15.0. The predicted molar refractivity (Wildman–Crippen MR) is 80.2 cm³/mol. The molecule has 2 aromatic carbocycles. The maximum absolute atomic E-state index is 12.8. The average Bonchev–Trinajstić information content (AvgIpc) is 2.90. The Morgan fingerprint density at radius 2 is 1.95 bits per heavy atom. The molecule has 0 amide bonds. The summed E-state index contributed by atoms with van der Waals surface area (Å²) in [6.07, 6.45) is 0.642. The van der Waals surface area contributed by atoms with Gasteiger partial charge in [-0.05, 0) is 36.2 Å². The lowest BCUT2D eigenvalue weighted by Gasteiger charge is -2.20. The van der Waals surface area contributed by atoms with E-state index < -0.39 is 10.0 Å². The first-order valence-electron chi connectivity index (χ1n) is 6.44. The number of hydrogen-bond donors (Lipinski definition) is 1. The van der Waals surface area contributed by atoms with Crippen LogP contribution < -0.4 is 10.0 Å². The molecule has 5 nitrogen and oxygen atoms in total. The molecule has 0 spiro atoms. The number of fused-ring (bicyclic) bond motifs is 1. The van der Waals surface area contributed by atoms with Crippen molar-refractivity contribution in [2.45, 2.75) is 11.3 Å². The van der Waals surface area contributed by atoms with Gasteiger partial charge in [-0.2, -0.15) is 5.26 Å². The third-order valence-electron chi connectivity index (χ3n) is 3.54. The number of nitrogens with two attached hydrogens (primary N) is 1. The molecule has 0 radical (unpaired) electrons. The summed E-state index contributed by atoms with van der Waals surface area (Å²) in [7, 11) is -3.76. The molecule has 0 aliphatic carbocycles. The van der Waals surface area contributed by atoms with E-state index in [1.165, 1.54) is 16.4 Å². The number of anilines is 2. The highest BCUT2D eigenvalue weighted by atomic mass is 32.2. The second-order valence-electron chi connectivity index (χ2n) is 4.82. The lowest BCUT2D eigenvalue weighted by molar-refractivity contribution is 0.592. The zero-order valence-corrected chi connectivity index (χ0v) is 12.0. The molecule has 0 saturated carbocycles. The van der Waals surface area contributed by atoms with E-state index in [4.69, 9.17) is 11.0 Å². The van der Waals surface area contributed by atoms with Crippen molar-refractivity contribution in [3.05, 3.63) is 53.6 Å². The Hall–Kier alpha value is -2.52. The van der Waals surface area contributed by atoms with E-state index in [1.807, 2.05) is 12.1 Å². The van der Waals surface area contributed by atoms with Crippen LogP contribution in [0.4, 0.5) is 11.4 Å². The van der Waals surface area contributed by atoms with Crippen molar-refractivity contribution in [3.63, 3.8) is 0 Å². The summed E-state index contributed by atoms with van der Waals surface area (Å²) in [5.41, 5.74) is 7.97. The Morgan fingerprint density at radius 3 is 2.71 bits per heavy atom. The second kappa shape index (κ2) is 4.79. The Kier molecular flexibility index (Phi) is 3.07. The average molecular weight is 299 g/mol. The highest BCUT2D eigenvalue weighted by molar-refractivity contribution is 7.93. The lowest BCUT2D eigenvalue weighted by atomic mass is 10.1. The standard InChI is InChI=1S/C15H13N3O2S/c16-10-12-3-1-2-4-15(12)21(19,20)18-8-7-11-5-6-13(17)9-14(11)18/h1-6,9H,7-8,17H2. The van der Waals surface area contributed by atoms with E-state index in [1.54, 1.807) is 24.3 Å². The highest BCUT2D eigenvalue weighted by Crippen LogP contribution is 2.34. The SMILES string of the molecule is N#Cc1ccccc1S(=O)(=O)N1CCc2ccc(N)cc21. The summed E-state index contributed by atoms with van der Waals surface area (Å²) < 4.78 is 27.0. The van der Waals surface area contributed by atoms with Gasteiger partial charge in [0.1, 0.15) is 11.0 Å². The number of rotatable bonds is 2. The van der Waals surface area contributed by atoms with Crippen LogP contribution in [0.5, 0.6) is 0 Å². The van der Waals surface area contributed by atoms with E-state index >= 15 is 0 Å². The summed E-state index contributed by atoms with van der Waals surface area (Å²) in [6, 6.07) is 13.4. The van der Waals surface area contributed by atoms with Gasteiger partial charge < -0.3 is 5.73 Å². The number of nitrogen functional groups attached to an aromatic ring is 1. The van der Waals surface area contributed by atoms with Gasteiger partial charge in [0.25, 0.3) is 10.0 Å². The van der Waals surface area contributed by atoms with Crippen molar-refractivity contribution >= 4 is 21.4 Å². The van der Waals surface area contributed by atoms with Crippen molar-refractivity contribution in [2.24, 2.45) is 0 Å². The molecule has 21 heavy (non-hydrogen) atoms. The monoisotopic (exact) mass is 299 g/mol. The molecule has 106 valence electrons. The maximum atomic E-state index is 12.8. The largest absolute Gasteiger partial charge is 0.399 e. The van der Waals surface area contributed by atoms with Gasteiger partial charge in [-0.1, -0.05) is 18.2 Å². The fraction of sp³-hybridized carbons (Fsp3) is 0.133. The Labute approximate surface area is 123 Å². The van der Waals surface area contributed by atoms with E-state index in [2.05, 4.69) is 0 Å². The smallest absolute Gasteiger partial charge is 0.265 e. The molecule has 0 saturated heterocycles. The zero-order valence-electron chi connectivity index (χ0n) is 11.2. The van der Waals surface area contributed by atoms with Gasteiger partial charge in [-0.3, -0.25) is 4.31 Å². The van der Waals surface area contributed by atoms with Crippen LogP contribution in [0, 0.1) is 11.3 Å². The molecule has 0 fully saturated rings. The lowest BCUT2D eigenvalue weighted by Crippen LogP contribution is -2.29. The number of nitriles is 1. The molecule has 1 heterocycles. The number of hydrogen-bond acceptors (Lipinski definition) is 4. The highest BCUT2D eigenvalue weighted by Gasteiger charge is 2.32. The molecule has 2 N–H and O–H groups in total. The molecule has 0 unspecified atom stereocenters. The van der Waals surface area contributed by atoms with Gasteiger partial charge in [-0.15, -0.1) is 0 Å². The van der Waals surface area contributed by atoms with Crippen LogP contribution in [0.15, 0.2) is 47.4 Å². The minimum Gasteiger partial charge on any atom is -0.399 e. The first-order chi connectivity index (χ1) is 10.0. The number of benzene rings is 2. The van der Waals surface area contributed by atoms with E-state index in [9.17, 15) is 8.42 Å². The first kappa shape index (κ1) is 13.5. The molecule has 0 bridgehead atoms. The van der Waals surface area contributed by atoms with Gasteiger partial charge in [0.2, 0.25) is 0 Å². The third kappa shape index (κ3) is 2.12. The minimum atomic E-state index is -3.76. The van der Waals surface area contributed by atoms with Crippen LogP contribution in [0.2, 0.25) is 0 Å². The Balaban J connectivity index is 2.14. The summed E-state index contributed by atoms with van der Waals surface area (Å²) in [5.74, 6) is 0. The predicted octanol–water partition coefficient (Wildman–Crippen LogP) is 1.89. The van der Waals surface area contributed by atoms with E-state index in [-0.39, 0.29) is 10.5 Å². The van der Waals surface area contributed by atoms with Gasteiger partial charge in [0, 0.05) is 12.2 Å². The molecule has 6 heteroatoms. The normalized spacial score (nSPS) is 13.8. The van der Waals surface area contributed by atoms with Crippen LogP contribution >= 0.6 is 0 Å². The van der Waals surface area contributed by atoms with Crippen molar-refractivity contribution in [1.29, 1.82) is 5.26 Å². The van der Waals surface area contributed by atoms with Crippen LogP contribution in [0.25, 0.3) is 0 Å². The van der Waals surface area contributed by atoms with Gasteiger partial charge in [-0.25, -0.2) is 8.42 Å². The molecular formula is C15H13N3O2S. The van der Waals surface area contributed by atoms with Crippen molar-refractivity contribution in [3.8, 4) is 6.07 Å². The summed E-state index contributed by atoms with van der Waals surface area (Å²) >= 11 is 0. The minimum absolute atomic E-state index is 0.0303. The Bertz CT molecular complexity index is 853. The fourth-order valence-electron chi connectivity index (χ4n) is 2.52. The van der Waals surface area contributed by atoms with Gasteiger partial charge >= 0.3 is 0 Å². The molecule has 3 rings (SSSR count). The van der Waals surface area contributed by atoms with Gasteiger partial charge in [0.05, 0.1) is 11.3 Å². The molecule has 0 atom stereocenters. The number of sulfonamides is 1. The van der Waals surface area contributed by atoms with E-state index in [0.717, 1.165) is 5.56 Å². The third-order valence-corrected chi connectivity index (χ3v) is 5.41. The van der Waals surface area contributed by atoms with Crippen molar-refractivity contribution in [2.75, 3.05) is 16.6 Å². The molecule has 0 aromatic heterocycles.